The Morgan fingerprint density at radius 3 is 2.67 bits per heavy atom. The highest BCUT2D eigenvalue weighted by atomic mass is 35.5. The van der Waals surface area contributed by atoms with Crippen LogP contribution in [0.1, 0.15) is 44.6 Å². The van der Waals surface area contributed by atoms with Gasteiger partial charge in [0, 0.05) is 6.04 Å². The Morgan fingerprint density at radius 2 is 2.00 bits per heavy atom. The van der Waals surface area contributed by atoms with Crippen molar-refractivity contribution in [2.45, 2.75) is 45.1 Å². The molecule has 0 heterocycles. The molecule has 18 heavy (non-hydrogen) atoms. The molecule has 0 aliphatic heterocycles. The SMILES string of the molecule is CC(C)NCC1CCCC1c1ccc(Cl)c(Cl)c1. The van der Waals surface area contributed by atoms with Gasteiger partial charge in [-0.05, 0) is 48.9 Å². The molecule has 2 rings (SSSR count). The van der Waals surface area contributed by atoms with E-state index in [0.717, 1.165) is 12.5 Å². The molecule has 1 aliphatic carbocycles. The Morgan fingerprint density at radius 1 is 1.22 bits per heavy atom. The van der Waals surface area contributed by atoms with Crippen LogP contribution in [0.25, 0.3) is 0 Å². The summed E-state index contributed by atoms with van der Waals surface area (Å²) < 4.78 is 0. The maximum Gasteiger partial charge on any atom is 0.0595 e. The molecular weight excluding hydrogens is 265 g/mol. The molecule has 100 valence electrons. The van der Waals surface area contributed by atoms with E-state index in [2.05, 4.69) is 25.2 Å². The maximum absolute atomic E-state index is 6.12. The van der Waals surface area contributed by atoms with Crippen LogP contribution in [0.4, 0.5) is 0 Å². The smallest absolute Gasteiger partial charge is 0.0595 e. The second kappa shape index (κ2) is 6.27. The molecule has 2 unspecified atom stereocenters. The highest BCUT2D eigenvalue weighted by Crippen LogP contribution is 2.40. The standard InChI is InChI=1S/C15H21Cl2N/c1-10(2)18-9-12-4-3-5-13(12)11-6-7-14(16)15(17)8-11/h6-8,10,12-13,18H,3-5,9H2,1-2H3. The maximum atomic E-state index is 6.12. The molecule has 0 aromatic heterocycles. The van der Waals surface area contributed by atoms with Gasteiger partial charge < -0.3 is 5.32 Å². The number of nitrogens with one attached hydrogen (secondary N) is 1. The predicted octanol–water partition coefficient (Wildman–Crippen LogP) is 4.88. The minimum Gasteiger partial charge on any atom is -0.314 e. The minimum absolute atomic E-state index is 0.556. The first-order chi connectivity index (χ1) is 8.58. The zero-order chi connectivity index (χ0) is 13.1. The van der Waals surface area contributed by atoms with Crippen molar-refractivity contribution in [3.8, 4) is 0 Å². The fourth-order valence-electron chi connectivity index (χ4n) is 2.85. The van der Waals surface area contributed by atoms with E-state index in [-0.39, 0.29) is 0 Å². The van der Waals surface area contributed by atoms with Crippen LogP contribution < -0.4 is 5.32 Å². The van der Waals surface area contributed by atoms with Gasteiger partial charge in [-0.25, -0.2) is 0 Å². The van der Waals surface area contributed by atoms with Crippen molar-refractivity contribution in [1.82, 2.24) is 5.32 Å². The summed E-state index contributed by atoms with van der Waals surface area (Å²) >= 11 is 12.1. The topological polar surface area (TPSA) is 12.0 Å². The van der Waals surface area contributed by atoms with Gasteiger partial charge in [0.2, 0.25) is 0 Å². The molecule has 0 radical (unpaired) electrons. The zero-order valence-corrected chi connectivity index (χ0v) is 12.6. The van der Waals surface area contributed by atoms with Gasteiger partial charge in [-0.3, -0.25) is 0 Å². The molecule has 0 saturated heterocycles. The molecule has 1 aliphatic rings. The molecule has 0 amide bonds. The molecule has 1 nitrogen and oxygen atoms in total. The van der Waals surface area contributed by atoms with Crippen molar-refractivity contribution in [2.75, 3.05) is 6.54 Å². The second-order valence-electron chi connectivity index (χ2n) is 5.53. The lowest BCUT2D eigenvalue weighted by atomic mass is 9.89. The van der Waals surface area contributed by atoms with Gasteiger partial charge in [0.1, 0.15) is 0 Å². The van der Waals surface area contributed by atoms with E-state index in [1.54, 1.807) is 0 Å². The van der Waals surface area contributed by atoms with Crippen molar-refractivity contribution < 1.29 is 0 Å². The molecular formula is C15H21Cl2N. The highest BCUT2D eigenvalue weighted by Gasteiger charge is 2.28. The molecule has 0 spiro atoms. The summed E-state index contributed by atoms with van der Waals surface area (Å²) in [5, 5.41) is 4.88. The Kier molecular flexibility index (Phi) is 4.94. The number of hydrogen-bond acceptors (Lipinski definition) is 1. The van der Waals surface area contributed by atoms with Crippen LogP contribution in [0.3, 0.4) is 0 Å². The summed E-state index contributed by atoms with van der Waals surface area (Å²) in [6.45, 7) is 5.49. The molecule has 1 fully saturated rings. The van der Waals surface area contributed by atoms with Gasteiger partial charge in [-0.1, -0.05) is 49.5 Å². The molecule has 2 atom stereocenters. The molecule has 1 aromatic rings. The van der Waals surface area contributed by atoms with Crippen molar-refractivity contribution in [2.24, 2.45) is 5.92 Å². The fraction of sp³-hybridized carbons (Fsp3) is 0.600. The zero-order valence-electron chi connectivity index (χ0n) is 11.0. The Labute approximate surface area is 120 Å². The fourth-order valence-corrected chi connectivity index (χ4v) is 3.16. The number of hydrogen-bond donors (Lipinski definition) is 1. The van der Waals surface area contributed by atoms with Crippen LogP contribution in [-0.4, -0.2) is 12.6 Å². The second-order valence-corrected chi connectivity index (χ2v) is 6.35. The first kappa shape index (κ1) is 14.2. The van der Waals surface area contributed by atoms with Gasteiger partial charge >= 0.3 is 0 Å². The number of halogens is 2. The van der Waals surface area contributed by atoms with E-state index >= 15 is 0 Å². The third-order valence-corrected chi connectivity index (χ3v) is 4.56. The predicted molar refractivity (Wildman–Crippen MR) is 79.7 cm³/mol. The van der Waals surface area contributed by atoms with Gasteiger partial charge in [0.05, 0.1) is 10.0 Å². The summed E-state index contributed by atoms with van der Waals surface area (Å²) in [6.07, 6.45) is 3.89. The van der Waals surface area contributed by atoms with Crippen molar-refractivity contribution in [3.63, 3.8) is 0 Å². The van der Waals surface area contributed by atoms with E-state index in [1.807, 2.05) is 12.1 Å². The van der Waals surface area contributed by atoms with Crippen molar-refractivity contribution in [3.05, 3.63) is 33.8 Å². The summed E-state index contributed by atoms with van der Waals surface area (Å²) in [5.74, 6) is 1.36. The monoisotopic (exact) mass is 285 g/mol. The average Bonchev–Trinajstić information content (AvgIpc) is 2.78. The van der Waals surface area contributed by atoms with Gasteiger partial charge in [0.25, 0.3) is 0 Å². The molecule has 0 bridgehead atoms. The summed E-state index contributed by atoms with van der Waals surface area (Å²) in [6, 6.07) is 6.65. The summed E-state index contributed by atoms with van der Waals surface area (Å²) in [7, 11) is 0. The Bertz CT molecular complexity index is 403. The van der Waals surface area contributed by atoms with Crippen molar-refractivity contribution in [1.29, 1.82) is 0 Å². The average molecular weight is 286 g/mol. The van der Waals surface area contributed by atoms with Gasteiger partial charge in [-0.15, -0.1) is 0 Å². The molecule has 1 N–H and O–H groups in total. The van der Waals surface area contributed by atoms with Crippen LogP contribution in [0, 0.1) is 5.92 Å². The van der Waals surface area contributed by atoms with Crippen molar-refractivity contribution >= 4 is 23.2 Å². The van der Waals surface area contributed by atoms with E-state index < -0.39 is 0 Å². The summed E-state index contributed by atoms with van der Waals surface area (Å²) in [5.41, 5.74) is 1.34. The van der Waals surface area contributed by atoms with E-state index in [1.165, 1.54) is 24.8 Å². The highest BCUT2D eigenvalue weighted by molar-refractivity contribution is 6.42. The largest absolute Gasteiger partial charge is 0.314 e. The number of rotatable bonds is 4. The summed E-state index contributed by atoms with van der Waals surface area (Å²) in [4.78, 5) is 0. The Balaban J connectivity index is 2.08. The van der Waals surface area contributed by atoms with Gasteiger partial charge in [-0.2, -0.15) is 0 Å². The third-order valence-electron chi connectivity index (χ3n) is 3.82. The normalized spacial score (nSPS) is 23.8. The first-order valence-electron chi connectivity index (χ1n) is 6.76. The van der Waals surface area contributed by atoms with Gasteiger partial charge in [0.15, 0.2) is 0 Å². The van der Waals surface area contributed by atoms with Crippen LogP contribution in [0.5, 0.6) is 0 Å². The van der Waals surface area contributed by atoms with Crippen LogP contribution >= 0.6 is 23.2 Å². The molecule has 3 heteroatoms. The Hall–Kier alpha value is -0.240. The minimum atomic E-state index is 0.556. The number of benzene rings is 1. The van der Waals surface area contributed by atoms with Crippen LogP contribution in [0.2, 0.25) is 10.0 Å². The lowest BCUT2D eigenvalue weighted by Crippen LogP contribution is -2.30. The van der Waals surface area contributed by atoms with Crippen LogP contribution in [-0.2, 0) is 0 Å². The van der Waals surface area contributed by atoms with Crippen LogP contribution in [0.15, 0.2) is 18.2 Å². The first-order valence-corrected chi connectivity index (χ1v) is 7.52. The lowest BCUT2D eigenvalue weighted by Gasteiger charge is -2.22. The van der Waals surface area contributed by atoms with E-state index in [0.29, 0.717) is 22.0 Å². The molecule has 1 saturated carbocycles. The molecule has 1 aromatic carbocycles. The third kappa shape index (κ3) is 3.40. The van der Waals surface area contributed by atoms with E-state index in [9.17, 15) is 0 Å². The lowest BCUT2D eigenvalue weighted by molar-refractivity contribution is 0.423. The quantitative estimate of drug-likeness (QED) is 0.832. The van der Waals surface area contributed by atoms with E-state index in [4.69, 9.17) is 23.2 Å².